The first-order valence-electron chi connectivity index (χ1n) is 6.40. The molecule has 8 nitrogen and oxygen atoms in total. The molecule has 0 saturated carbocycles. The number of nitrogens with one attached hydrogen (secondary N) is 1. The maximum atomic E-state index is 12.7. The zero-order valence-electron chi connectivity index (χ0n) is 11.5. The van der Waals surface area contributed by atoms with E-state index in [4.69, 9.17) is 0 Å². The van der Waals surface area contributed by atoms with Crippen LogP contribution >= 0.6 is 0 Å². The molecule has 0 spiro atoms. The molecule has 0 aliphatic carbocycles. The van der Waals surface area contributed by atoms with Crippen LogP contribution in [-0.4, -0.2) is 54.5 Å². The van der Waals surface area contributed by atoms with Crippen LogP contribution in [0.4, 0.5) is 5.69 Å². The summed E-state index contributed by atoms with van der Waals surface area (Å²) in [5.74, 6) is 0. The van der Waals surface area contributed by atoms with Gasteiger partial charge in [0.15, 0.2) is 0 Å². The first kappa shape index (κ1) is 15.8. The van der Waals surface area contributed by atoms with Gasteiger partial charge in [-0.05, 0) is 19.1 Å². The van der Waals surface area contributed by atoms with E-state index < -0.39 is 20.5 Å². The standard InChI is InChI=1S/C12H17N3O5S/c1-12(9-16)8-13-6-7-14(12)21(19,20)11-4-2-10(3-5-11)15(17)18/h2-5,13,16H,6-9H2,1H3. The third-order valence-corrected chi connectivity index (χ3v) is 5.65. The van der Waals surface area contributed by atoms with Gasteiger partial charge in [0.1, 0.15) is 0 Å². The number of aliphatic hydroxyl groups is 1. The van der Waals surface area contributed by atoms with Crippen LogP contribution < -0.4 is 5.32 Å². The SMILES string of the molecule is CC1(CO)CNCCN1S(=O)(=O)c1ccc([N+](=O)[O-])cc1. The van der Waals surface area contributed by atoms with Crippen molar-refractivity contribution < 1.29 is 18.4 Å². The molecule has 1 atom stereocenters. The normalized spacial score (nSPS) is 23.9. The van der Waals surface area contributed by atoms with Crippen LogP contribution in [0.3, 0.4) is 0 Å². The van der Waals surface area contributed by atoms with E-state index in [1.165, 1.54) is 16.4 Å². The highest BCUT2D eigenvalue weighted by Gasteiger charge is 2.42. The molecule has 1 aromatic carbocycles. The lowest BCUT2D eigenvalue weighted by molar-refractivity contribution is -0.384. The molecule has 21 heavy (non-hydrogen) atoms. The monoisotopic (exact) mass is 315 g/mol. The molecule has 0 radical (unpaired) electrons. The van der Waals surface area contributed by atoms with Crippen LogP contribution in [0.5, 0.6) is 0 Å². The molecule has 2 N–H and O–H groups in total. The van der Waals surface area contributed by atoms with E-state index in [0.29, 0.717) is 13.1 Å². The highest BCUT2D eigenvalue weighted by atomic mass is 32.2. The molecule has 2 rings (SSSR count). The quantitative estimate of drug-likeness (QED) is 0.594. The third-order valence-electron chi connectivity index (χ3n) is 3.58. The predicted molar refractivity (Wildman–Crippen MR) is 75.3 cm³/mol. The Balaban J connectivity index is 2.38. The number of hydrogen-bond donors (Lipinski definition) is 2. The number of nitrogens with zero attached hydrogens (tertiary/aromatic N) is 2. The minimum Gasteiger partial charge on any atom is -0.394 e. The highest BCUT2D eigenvalue weighted by molar-refractivity contribution is 7.89. The van der Waals surface area contributed by atoms with Gasteiger partial charge < -0.3 is 10.4 Å². The average molecular weight is 315 g/mol. The summed E-state index contributed by atoms with van der Waals surface area (Å²) in [5.41, 5.74) is -1.10. The van der Waals surface area contributed by atoms with E-state index >= 15 is 0 Å². The second-order valence-corrected chi connectivity index (χ2v) is 7.02. The second kappa shape index (κ2) is 5.68. The summed E-state index contributed by atoms with van der Waals surface area (Å²) < 4.78 is 26.6. The lowest BCUT2D eigenvalue weighted by Crippen LogP contribution is -2.63. The van der Waals surface area contributed by atoms with Crippen LogP contribution in [0.2, 0.25) is 0 Å². The number of piperazine rings is 1. The van der Waals surface area contributed by atoms with Crippen LogP contribution in [0.25, 0.3) is 0 Å². The number of rotatable bonds is 4. The largest absolute Gasteiger partial charge is 0.394 e. The highest BCUT2D eigenvalue weighted by Crippen LogP contribution is 2.27. The summed E-state index contributed by atoms with van der Waals surface area (Å²) in [7, 11) is -3.81. The summed E-state index contributed by atoms with van der Waals surface area (Å²) in [6.45, 7) is 2.40. The van der Waals surface area contributed by atoms with Crippen LogP contribution in [0.1, 0.15) is 6.92 Å². The van der Waals surface area contributed by atoms with Crippen molar-refractivity contribution in [3.05, 3.63) is 34.4 Å². The molecule has 116 valence electrons. The Morgan fingerprint density at radius 2 is 2.05 bits per heavy atom. The molecule has 1 aliphatic heterocycles. The molecule has 1 aliphatic rings. The summed E-state index contributed by atoms with van der Waals surface area (Å²) >= 11 is 0. The molecule has 1 heterocycles. The summed E-state index contributed by atoms with van der Waals surface area (Å²) in [4.78, 5) is 10.0. The van der Waals surface area contributed by atoms with Crippen molar-refractivity contribution in [2.24, 2.45) is 0 Å². The van der Waals surface area contributed by atoms with Crippen molar-refractivity contribution in [1.82, 2.24) is 9.62 Å². The fraction of sp³-hybridized carbons (Fsp3) is 0.500. The molecular weight excluding hydrogens is 298 g/mol. The zero-order chi connectivity index (χ0) is 15.7. The number of benzene rings is 1. The smallest absolute Gasteiger partial charge is 0.269 e. The topological polar surface area (TPSA) is 113 Å². The van der Waals surface area contributed by atoms with E-state index in [-0.39, 0.29) is 23.7 Å². The van der Waals surface area contributed by atoms with Gasteiger partial charge in [0.05, 0.1) is 22.0 Å². The van der Waals surface area contributed by atoms with E-state index in [1.807, 2.05) is 0 Å². The Morgan fingerprint density at radius 3 is 2.57 bits per heavy atom. The predicted octanol–water partition coefficient (Wildman–Crippen LogP) is -0.0603. The van der Waals surface area contributed by atoms with E-state index in [0.717, 1.165) is 12.1 Å². The number of hydrogen-bond acceptors (Lipinski definition) is 6. The fourth-order valence-electron chi connectivity index (χ4n) is 2.31. The number of sulfonamides is 1. The van der Waals surface area contributed by atoms with Gasteiger partial charge in [-0.15, -0.1) is 0 Å². The Labute approximate surface area is 122 Å². The van der Waals surface area contributed by atoms with E-state index in [1.54, 1.807) is 6.92 Å². The number of nitro groups is 1. The van der Waals surface area contributed by atoms with Gasteiger partial charge in [0.2, 0.25) is 10.0 Å². The second-order valence-electron chi connectivity index (χ2n) is 5.16. The Morgan fingerprint density at radius 1 is 1.43 bits per heavy atom. The van der Waals surface area contributed by atoms with Crippen molar-refractivity contribution in [1.29, 1.82) is 0 Å². The van der Waals surface area contributed by atoms with Gasteiger partial charge in [0, 0.05) is 31.8 Å². The lowest BCUT2D eigenvalue weighted by Gasteiger charge is -2.42. The molecule has 0 bridgehead atoms. The summed E-state index contributed by atoms with van der Waals surface area (Å²) in [6.07, 6.45) is 0. The Kier molecular flexibility index (Phi) is 4.28. The molecule has 1 aromatic rings. The maximum absolute atomic E-state index is 12.7. The van der Waals surface area contributed by atoms with Gasteiger partial charge in [-0.3, -0.25) is 10.1 Å². The van der Waals surface area contributed by atoms with Crippen molar-refractivity contribution in [2.75, 3.05) is 26.2 Å². The molecule has 9 heteroatoms. The van der Waals surface area contributed by atoms with Crippen LogP contribution in [0, 0.1) is 10.1 Å². The lowest BCUT2D eigenvalue weighted by atomic mass is 10.0. The number of aliphatic hydroxyl groups excluding tert-OH is 1. The number of non-ortho nitro benzene ring substituents is 1. The average Bonchev–Trinajstić information content (AvgIpc) is 2.47. The first-order chi connectivity index (χ1) is 9.81. The fourth-order valence-corrected chi connectivity index (χ4v) is 4.08. The van der Waals surface area contributed by atoms with E-state index in [9.17, 15) is 23.6 Å². The van der Waals surface area contributed by atoms with Gasteiger partial charge in [0.25, 0.3) is 5.69 Å². The molecule has 1 fully saturated rings. The minimum absolute atomic E-state index is 0.0188. The summed E-state index contributed by atoms with van der Waals surface area (Å²) in [5, 5.41) is 23.2. The minimum atomic E-state index is -3.81. The van der Waals surface area contributed by atoms with Crippen molar-refractivity contribution in [3.63, 3.8) is 0 Å². The maximum Gasteiger partial charge on any atom is 0.269 e. The van der Waals surface area contributed by atoms with Gasteiger partial charge >= 0.3 is 0 Å². The number of nitro benzene ring substituents is 1. The van der Waals surface area contributed by atoms with Gasteiger partial charge in [-0.1, -0.05) is 0 Å². The molecule has 0 amide bonds. The molecular formula is C12H17N3O5S. The molecule has 1 saturated heterocycles. The third kappa shape index (κ3) is 2.91. The van der Waals surface area contributed by atoms with Crippen molar-refractivity contribution in [2.45, 2.75) is 17.4 Å². The Bertz CT molecular complexity index is 631. The van der Waals surface area contributed by atoms with Crippen molar-refractivity contribution in [3.8, 4) is 0 Å². The van der Waals surface area contributed by atoms with Crippen LogP contribution in [0.15, 0.2) is 29.2 Å². The van der Waals surface area contributed by atoms with Gasteiger partial charge in [-0.2, -0.15) is 4.31 Å². The van der Waals surface area contributed by atoms with Crippen LogP contribution in [-0.2, 0) is 10.0 Å². The van der Waals surface area contributed by atoms with E-state index in [2.05, 4.69) is 5.32 Å². The van der Waals surface area contributed by atoms with Crippen molar-refractivity contribution >= 4 is 15.7 Å². The first-order valence-corrected chi connectivity index (χ1v) is 7.84. The molecule has 1 unspecified atom stereocenters. The van der Waals surface area contributed by atoms with Gasteiger partial charge in [-0.25, -0.2) is 8.42 Å². The molecule has 0 aromatic heterocycles. The summed E-state index contributed by atoms with van der Waals surface area (Å²) in [6, 6.07) is 4.75. The zero-order valence-corrected chi connectivity index (χ0v) is 12.3. The Hall–Kier alpha value is -1.55.